The number of halogens is 7. The molecule has 14 heteroatoms. The highest BCUT2D eigenvalue weighted by Gasteiger charge is 2.31. The monoisotopic (exact) mass is 645 g/mol. The average molecular weight is 645 g/mol. The third-order valence-electron chi connectivity index (χ3n) is 6.67. The molecule has 0 spiro atoms. The van der Waals surface area contributed by atoms with Gasteiger partial charge in [0, 0.05) is 18.3 Å². The minimum Gasteiger partial charge on any atom is -0.497 e. The zero-order valence-electron chi connectivity index (χ0n) is 23.2. The molecule has 4 aromatic carbocycles. The Morgan fingerprint density at radius 3 is 1.67 bits per heavy atom. The summed E-state index contributed by atoms with van der Waals surface area (Å²) in [4.78, 5) is 38.8. The zero-order chi connectivity index (χ0) is 33.4. The van der Waals surface area contributed by atoms with Crippen LogP contribution in [-0.2, 0) is 12.4 Å². The summed E-state index contributed by atoms with van der Waals surface area (Å²) in [5, 5.41) is 0.0974. The van der Waals surface area contributed by atoms with Gasteiger partial charge in [-0.3, -0.25) is 9.36 Å². The fourth-order valence-electron chi connectivity index (χ4n) is 4.35. The number of carbonyl (C=O) groups excluding carboxylic acids is 2. The van der Waals surface area contributed by atoms with E-state index in [1.165, 1.54) is 37.6 Å². The smallest absolute Gasteiger partial charge is 0.416 e. The van der Waals surface area contributed by atoms with Crippen molar-refractivity contribution in [2.45, 2.75) is 12.4 Å². The first-order chi connectivity index (χ1) is 21.7. The van der Waals surface area contributed by atoms with E-state index in [0.717, 1.165) is 41.0 Å². The highest BCUT2D eigenvalue weighted by atomic mass is 19.4. The average Bonchev–Trinajstić information content (AvgIpc) is 3.01. The van der Waals surface area contributed by atoms with Crippen molar-refractivity contribution < 1.29 is 54.5 Å². The minimum atomic E-state index is -4.62. The molecule has 0 bridgehead atoms. The van der Waals surface area contributed by atoms with Crippen LogP contribution < -0.4 is 19.8 Å². The van der Waals surface area contributed by atoms with Gasteiger partial charge in [-0.25, -0.2) is 14.0 Å². The van der Waals surface area contributed by atoms with Crippen LogP contribution in [0, 0.1) is 5.82 Å². The number of nitrogens with zero attached hydrogens (tertiary/aromatic N) is 1. The number of esters is 2. The van der Waals surface area contributed by atoms with Gasteiger partial charge in [-0.05, 0) is 78.2 Å². The second-order valence-electron chi connectivity index (χ2n) is 9.62. The molecule has 0 unspecified atom stereocenters. The first-order valence-electron chi connectivity index (χ1n) is 13.0. The molecule has 0 aliphatic carbocycles. The minimum absolute atomic E-state index is 0.0467. The zero-order valence-corrected chi connectivity index (χ0v) is 23.2. The van der Waals surface area contributed by atoms with Gasteiger partial charge in [-0.1, -0.05) is 0 Å². The molecule has 46 heavy (non-hydrogen) atoms. The fourth-order valence-corrected chi connectivity index (χ4v) is 4.35. The second-order valence-corrected chi connectivity index (χ2v) is 9.62. The van der Waals surface area contributed by atoms with Gasteiger partial charge in [-0.15, -0.1) is 0 Å². The number of aromatic nitrogens is 1. The van der Waals surface area contributed by atoms with Gasteiger partial charge in [0.1, 0.15) is 11.5 Å². The van der Waals surface area contributed by atoms with Gasteiger partial charge in [-0.2, -0.15) is 26.3 Å². The van der Waals surface area contributed by atoms with E-state index in [0.29, 0.717) is 24.3 Å². The Morgan fingerprint density at radius 2 is 1.20 bits per heavy atom. The van der Waals surface area contributed by atoms with Crippen LogP contribution >= 0.6 is 0 Å². The Bertz CT molecular complexity index is 2020. The van der Waals surface area contributed by atoms with Gasteiger partial charge in [0.15, 0.2) is 11.6 Å². The Balaban J connectivity index is 1.44. The lowest BCUT2D eigenvalue weighted by Gasteiger charge is -2.14. The van der Waals surface area contributed by atoms with E-state index in [9.17, 15) is 40.7 Å². The van der Waals surface area contributed by atoms with Gasteiger partial charge in [0.2, 0.25) is 0 Å². The van der Waals surface area contributed by atoms with Crippen LogP contribution in [-0.4, -0.2) is 23.6 Å². The second kappa shape index (κ2) is 12.0. The van der Waals surface area contributed by atoms with E-state index in [1.54, 1.807) is 0 Å². The van der Waals surface area contributed by atoms with Crippen molar-refractivity contribution in [3.63, 3.8) is 0 Å². The molecule has 0 fully saturated rings. The molecule has 1 aromatic heterocycles. The molecule has 0 radical (unpaired) electrons. The van der Waals surface area contributed by atoms with Crippen LogP contribution in [0.25, 0.3) is 16.5 Å². The van der Waals surface area contributed by atoms with Gasteiger partial charge >= 0.3 is 24.3 Å². The number of carbonyl (C=O) groups is 2. The van der Waals surface area contributed by atoms with E-state index in [-0.39, 0.29) is 39.1 Å². The van der Waals surface area contributed by atoms with Crippen molar-refractivity contribution in [1.29, 1.82) is 0 Å². The topological polar surface area (TPSA) is 83.8 Å². The molecule has 0 saturated carbocycles. The maximum absolute atomic E-state index is 15.0. The van der Waals surface area contributed by atoms with Crippen molar-refractivity contribution >= 4 is 22.7 Å². The number of rotatable bonds is 6. The molecule has 0 atom stereocenters. The number of benzene rings is 4. The maximum atomic E-state index is 15.0. The van der Waals surface area contributed by atoms with Crippen LogP contribution in [0.4, 0.5) is 30.7 Å². The highest BCUT2D eigenvalue weighted by molar-refractivity contribution is 5.96. The molecule has 7 nitrogen and oxygen atoms in total. The van der Waals surface area contributed by atoms with E-state index >= 15 is 4.39 Å². The maximum Gasteiger partial charge on any atom is 0.416 e. The highest BCUT2D eigenvalue weighted by Crippen LogP contribution is 2.33. The molecular weight excluding hydrogens is 627 g/mol. The molecule has 5 aromatic rings. The molecule has 0 saturated heterocycles. The SMILES string of the molecule is COc1cc(OC(=O)c2ccc(C(F)(F)F)cc2)c2c(=O)n(-c3ccc(OC(=O)c4ccc(C(F)(F)F)cc4)c(F)c3)ccc2c1. The first kappa shape index (κ1) is 31.8. The number of alkyl halides is 6. The Kier molecular flexibility index (Phi) is 8.30. The van der Waals surface area contributed by atoms with Gasteiger partial charge < -0.3 is 14.2 Å². The summed E-state index contributed by atoms with van der Waals surface area (Å²) in [6, 6.07) is 13.6. The number of fused-ring (bicyclic) bond motifs is 1. The summed E-state index contributed by atoms with van der Waals surface area (Å²) in [6.45, 7) is 0. The van der Waals surface area contributed by atoms with E-state index in [4.69, 9.17) is 14.2 Å². The molecule has 236 valence electrons. The molecule has 5 rings (SSSR count). The number of hydrogen-bond donors (Lipinski definition) is 0. The Hall–Kier alpha value is -5.66. The van der Waals surface area contributed by atoms with Crippen molar-refractivity contribution in [1.82, 2.24) is 4.57 Å². The Morgan fingerprint density at radius 1 is 0.674 bits per heavy atom. The van der Waals surface area contributed by atoms with Crippen molar-refractivity contribution in [2.24, 2.45) is 0 Å². The van der Waals surface area contributed by atoms with Crippen LogP contribution in [0.2, 0.25) is 0 Å². The van der Waals surface area contributed by atoms with Gasteiger partial charge in [0.05, 0.1) is 40.4 Å². The van der Waals surface area contributed by atoms with Crippen LogP contribution in [0.5, 0.6) is 17.2 Å². The third kappa shape index (κ3) is 6.55. The first-order valence-corrected chi connectivity index (χ1v) is 13.0. The summed E-state index contributed by atoms with van der Waals surface area (Å²) in [5.41, 5.74) is -3.30. The molecule has 0 N–H and O–H groups in total. The predicted octanol–water partition coefficient (Wildman–Crippen LogP) is 7.61. The molecule has 0 amide bonds. The van der Waals surface area contributed by atoms with Crippen molar-refractivity contribution in [3.05, 3.63) is 130 Å². The number of hydrogen-bond acceptors (Lipinski definition) is 6. The quantitative estimate of drug-likeness (QED) is 0.107. The number of ether oxygens (including phenoxy) is 3. The summed E-state index contributed by atoms with van der Waals surface area (Å²) in [5.74, 6) is -3.96. The Labute approximate surface area is 254 Å². The van der Waals surface area contributed by atoms with Gasteiger partial charge in [0.25, 0.3) is 5.56 Å². The van der Waals surface area contributed by atoms with E-state index in [1.807, 2.05) is 0 Å². The lowest BCUT2D eigenvalue weighted by Crippen LogP contribution is -2.20. The lowest BCUT2D eigenvalue weighted by molar-refractivity contribution is -0.138. The van der Waals surface area contributed by atoms with Crippen molar-refractivity contribution in [2.75, 3.05) is 7.11 Å². The standard InChI is InChI=1S/C32H18F7NO6/c1-44-23-14-19-12-13-40(28(41)27(19)26(16-23)46-30(43)18-4-8-21(9-5-18)32(37,38)39)22-10-11-25(24(33)15-22)45-29(42)17-2-6-20(7-3-17)31(34,35)36/h2-16H,1H3. The summed E-state index contributed by atoms with van der Waals surface area (Å²) < 4.78 is 109. The summed E-state index contributed by atoms with van der Waals surface area (Å²) in [7, 11) is 1.32. The molecule has 0 aliphatic heterocycles. The molecule has 1 heterocycles. The van der Waals surface area contributed by atoms with Crippen molar-refractivity contribution in [3.8, 4) is 22.9 Å². The van der Waals surface area contributed by atoms with Crippen LogP contribution in [0.15, 0.2) is 95.9 Å². The lowest BCUT2D eigenvalue weighted by atomic mass is 10.1. The fraction of sp³-hybridized carbons (Fsp3) is 0.0938. The van der Waals surface area contributed by atoms with E-state index in [2.05, 4.69) is 0 Å². The van der Waals surface area contributed by atoms with Crippen LogP contribution in [0.1, 0.15) is 31.8 Å². The normalized spacial score (nSPS) is 11.7. The summed E-state index contributed by atoms with van der Waals surface area (Å²) >= 11 is 0. The predicted molar refractivity (Wildman–Crippen MR) is 149 cm³/mol. The van der Waals surface area contributed by atoms with Crippen LogP contribution in [0.3, 0.4) is 0 Å². The molecule has 0 aliphatic rings. The third-order valence-corrected chi connectivity index (χ3v) is 6.67. The van der Waals surface area contributed by atoms with E-state index < -0.39 is 52.5 Å². The summed E-state index contributed by atoms with van der Waals surface area (Å²) in [6.07, 6.45) is -7.96. The number of pyridine rings is 1. The largest absolute Gasteiger partial charge is 0.497 e. The number of methoxy groups -OCH3 is 1. The molecular formula is C32H18F7NO6.